The molecule has 4 rings (SSSR count). The predicted octanol–water partition coefficient (Wildman–Crippen LogP) is 4.70. The van der Waals surface area contributed by atoms with Crippen LogP contribution in [-0.4, -0.2) is 16.8 Å². The molecule has 1 aliphatic rings. The van der Waals surface area contributed by atoms with E-state index in [9.17, 15) is 9.59 Å². The first-order chi connectivity index (χ1) is 14.0. The molecular weight excluding hydrogens is 386 g/mol. The molecule has 2 heterocycles. The molecule has 0 fully saturated rings. The van der Waals surface area contributed by atoms with E-state index >= 15 is 0 Å². The van der Waals surface area contributed by atoms with E-state index in [0.29, 0.717) is 22.0 Å². The Morgan fingerprint density at radius 1 is 1.10 bits per heavy atom. The number of halogens is 1. The highest BCUT2D eigenvalue weighted by Gasteiger charge is 2.40. The van der Waals surface area contributed by atoms with Crippen LogP contribution in [0.1, 0.15) is 47.0 Å². The molecular formula is C23H20ClN3O2. The summed E-state index contributed by atoms with van der Waals surface area (Å²) < 4.78 is 0. The van der Waals surface area contributed by atoms with Gasteiger partial charge in [-0.1, -0.05) is 41.9 Å². The van der Waals surface area contributed by atoms with Crippen molar-refractivity contribution in [2.45, 2.75) is 25.4 Å². The maximum atomic E-state index is 13.0. The first-order valence-electron chi connectivity index (χ1n) is 9.43. The van der Waals surface area contributed by atoms with Crippen molar-refractivity contribution in [3.8, 4) is 0 Å². The summed E-state index contributed by atoms with van der Waals surface area (Å²) in [5.74, 6) is -0.305. The third-order valence-corrected chi connectivity index (χ3v) is 5.33. The average Bonchev–Trinajstić information content (AvgIpc) is 3.01. The van der Waals surface area contributed by atoms with Crippen LogP contribution in [0.4, 0.5) is 5.69 Å². The Morgan fingerprint density at radius 3 is 2.55 bits per heavy atom. The van der Waals surface area contributed by atoms with Crippen molar-refractivity contribution in [2.75, 3.05) is 4.90 Å². The fourth-order valence-electron chi connectivity index (χ4n) is 3.65. The Kier molecular flexibility index (Phi) is 5.32. The summed E-state index contributed by atoms with van der Waals surface area (Å²) in [6, 6.07) is 19.7. The number of benzene rings is 2. The number of amides is 2. The summed E-state index contributed by atoms with van der Waals surface area (Å²) in [4.78, 5) is 31.9. The molecule has 0 saturated carbocycles. The van der Waals surface area contributed by atoms with Crippen molar-refractivity contribution >= 4 is 29.1 Å². The summed E-state index contributed by atoms with van der Waals surface area (Å²) in [5, 5.41) is 3.61. The number of pyridine rings is 1. The second kappa shape index (κ2) is 8.05. The van der Waals surface area contributed by atoms with Crippen molar-refractivity contribution in [3.05, 3.63) is 94.8 Å². The maximum absolute atomic E-state index is 13.0. The summed E-state index contributed by atoms with van der Waals surface area (Å²) >= 11 is 6.00. The van der Waals surface area contributed by atoms with Gasteiger partial charge in [0.25, 0.3) is 5.91 Å². The van der Waals surface area contributed by atoms with E-state index in [4.69, 9.17) is 11.6 Å². The van der Waals surface area contributed by atoms with Crippen molar-refractivity contribution in [1.82, 2.24) is 10.3 Å². The van der Waals surface area contributed by atoms with Crippen LogP contribution in [0.25, 0.3) is 0 Å². The van der Waals surface area contributed by atoms with Crippen molar-refractivity contribution < 1.29 is 9.59 Å². The molecule has 6 heteroatoms. The Hall–Kier alpha value is -3.18. The van der Waals surface area contributed by atoms with Gasteiger partial charge in [0, 0.05) is 16.9 Å². The molecule has 0 bridgehead atoms. The Balaban J connectivity index is 1.59. The smallest absolute Gasteiger partial charge is 0.260 e. The van der Waals surface area contributed by atoms with Crippen molar-refractivity contribution in [1.29, 1.82) is 0 Å². The lowest BCUT2D eigenvalue weighted by Gasteiger charge is -2.25. The van der Waals surface area contributed by atoms with E-state index in [0.717, 1.165) is 5.56 Å². The molecule has 1 N–H and O–H groups in total. The minimum Gasteiger partial charge on any atom is -0.350 e. The number of hydrogen-bond donors (Lipinski definition) is 1. The average molecular weight is 406 g/mol. The molecule has 2 aromatic carbocycles. The molecule has 0 radical (unpaired) electrons. The standard InChI is InChI=1S/C23H20ClN3O2/c1-15(16-6-3-2-4-7-16)26-21(28)14-20-22-19(8-5-13-25-22)23(29)27(20)18-11-9-17(24)10-12-18/h2-13,15,20H,14H2,1H3,(H,26,28)/t15-,20+/m1/s1. The highest BCUT2D eigenvalue weighted by Crippen LogP contribution is 2.38. The van der Waals surface area contributed by atoms with Gasteiger partial charge in [0.1, 0.15) is 0 Å². The summed E-state index contributed by atoms with van der Waals surface area (Å²) in [7, 11) is 0. The maximum Gasteiger partial charge on any atom is 0.260 e. The molecule has 29 heavy (non-hydrogen) atoms. The second-order valence-electron chi connectivity index (χ2n) is 7.01. The molecule has 0 spiro atoms. The van der Waals surface area contributed by atoms with Gasteiger partial charge in [-0.15, -0.1) is 0 Å². The van der Waals surface area contributed by atoms with Gasteiger partial charge in [-0.2, -0.15) is 0 Å². The zero-order chi connectivity index (χ0) is 20.4. The van der Waals surface area contributed by atoms with E-state index in [1.165, 1.54) is 0 Å². The van der Waals surface area contributed by atoms with Crippen molar-refractivity contribution in [2.24, 2.45) is 0 Å². The minimum absolute atomic E-state index is 0.121. The number of rotatable bonds is 5. The van der Waals surface area contributed by atoms with E-state index in [1.807, 2.05) is 37.3 Å². The molecule has 5 nitrogen and oxygen atoms in total. The number of carbonyl (C=O) groups is 2. The Labute approximate surface area is 174 Å². The van der Waals surface area contributed by atoms with Crippen LogP contribution in [0.15, 0.2) is 72.9 Å². The zero-order valence-electron chi connectivity index (χ0n) is 15.9. The summed E-state index contributed by atoms with van der Waals surface area (Å²) in [6.07, 6.45) is 1.77. The van der Waals surface area contributed by atoms with Crippen LogP contribution < -0.4 is 10.2 Å². The van der Waals surface area contributed by atoms with Gasteiger partial charge in [0.05, 0.1) is 29.8 Å². The number of carbonyl (C=O) groups excluding carboxylic acids is 2. The van der Waals surface area contributed by atoms with Gasteiger partial charge in [-0.3, -0.25) is 19.5 Å². The lowest BCUT2D eigenvalue weighted by molar-refractivity contribution is -0.122. The zero-order valence-corrected chi connectivity index (χ0v) is 16.6. The summed E-state index contributed by atoms with van der Waals surface area (Å²) in [6.45, 7) is 1.94. The largest absolute Gasteiger partial charge is 0.350 e. The number of anilines is 1. The molecule has 146 valence electrons. The molecule has 0 unspecified atom stereocenters. The van der Waals surface area contributed by atoms with Gasteiger partial charge in [0.2, 0.25) is 5.91 Å². The van der Waals surface area contributed by atoms with Crippen LogP contribution in [-0.2, 0) is 4.79 Å². The second-order valence-corrected chi connectivity index (χ2v) is 7.44. The number of aromatic nitrogens is 1. The lowest BCUT2D eigenvalue weighted by atomic mass is 10.1. The van der Waals surface area contributed by atoms with Crippen LogP contribution in [0.2, 0.25) is 5.02 Å². The first-order valence-corrected chi connectivity index (χ1v) is 9.80. The molecule has 1 aromatic heterocycles. The van der Waals surface area contributed by atoms with E-state index in [1.54, 1.807) is 47.5 Å². The number of hydrogen-bond acceptors (Lipinski definition) is 3. The fourth-order valence-corrected chi connectivity index (χ4v) is 3.77. The topological polar surface area (TPSA) is 62.3 Å². The third kappa shape index (κ3) is 3.87. The van der Waals surface area contributed by atoms with Crippen LogP contribution >= 0.6 is 11.6 Å². The van der Waals surface area contributed by atoms with Crippen molar-refractivity contribution in [3.63, 3.8) is 0 Å². The normalized spacial score (nSPS) is 16.4. The first kappa shape index (κ1) is 19.2. The number of nitrogens with one attached hydrogen (secondary N) is 1. The fraction of sp³-hybridized carbons (Fsp3) is 0.174. The summed E-state index contributed by atoms with van der Waals surface area (Å²) in [5.41, 5.74) is 2.86. The highest BCUT2D eigenvalue weighted by atomic mass is 35.5. The molecule has 1 aliphatic heterocycles. The van der Waals surface area contributed by atoms with E-state index in [2.05, 4.69) is 10.3 Å². The minimum atomic E-state index is -0.470. The molecule has 0 aliphatic carbocycles. The molecule has 2 atom stereocenters. The monoisotopic (exact) mass is 405 g/mol. The van der Waals surface area contributed by atoms with Crippen LogP contribution in [0.5, 0.6) is 0 Å². The Bertz CT molecular complexity index is 1040. The Morgan fingerprint density at radius 2 is 1.83 bits per heavy atom. The molecule has 0 saturated heterocycles. The van der Waals surface area contributed by atoms with Gasteiger partial charge >= 0.3 is 0 Å². The van der Waals surface area contributed by atoms with Gasteiger partial charge in [-0.25, -0.2) is 0 Å². The van der Waals surface area contributed by atoms with Gasteiger partial charge in [0.15, 0.2) is 0 Å². The quantitative estimate of drug-likeness (QED) is 0.669. The van der Waals surface area contributed by atoms with E-state index < -0.39 is 6.04 Å². The van der Waals surface area contributed by atoms with Gasteiger partial charge < -0.3 is 5.32 Å². The van der Waals surface area contributed by atoms with E-state index in [-0.39, 0.29) is 24.3 Å². The van der Waals surface area contributed by atoms with Crippen LogP contribution in [0.3, 0.4) is 0 Å². The third-order valence-electron chi connectivity index (χ3n) is 5.08. The highest BCUT2D eigenvalue weighted by molar-refractivity contribution is 6.30. The predicted molar refractivity (Wildman–Crippen MR) is 113 cm³/mol. The molecule has 2 amide bonds. The lowest BCUT2D eigenvalue weighted by Crippen LogP contribution is -2.34. The van der Waals surface area contributed by atoms with Gasteiger partial charge in [-0.05, 0) is 48.9 Å². The number of nitrogens with zero attached hydrogens (tertiary/aromatic N) is 2. The van der Waals surface area contributed by atoms with Crippen LogP contribution in [0, 0.1) is 0 Å². The SMILES string of the molecule is C[C@@H](NC(=O)C[C@H]1c2ncccc2C(=O)N1c1ccc(Cl)cc1)c1ccccc1. The molecule has 3 aromatic rings. The number of fused-ring (bicyclic) bond motifs is 1.